The highest BCUT2D eigenvalue weighted by atomic mass is 16.4. The average Bonchev–Trinajstić information content (AvgIpc) is 2.46. The van der Waals surface area contributed by atoms with Gasteiger partial charge in [-0.3, -0.25) is 9.48 Å². The minimum Gasteiger partial charge on any atom is -0.477 e. The summed E-state index contributed by atoms with van der Waals surface area (Å²) in [5, 5.41) is 14.7. The minimum atomic E-state index is -1.11. The van der Waals surface area contributed by atoms with Crippen LogP contribution in [-0.4, -0.2) is 33.8 Å². The monoisotopic (exact) mass is 183 g/mol. The molecule has 0 unspecified atom stereocenters. The van der Waals surface area contributed by atoms with Gasteiger partial charge in [0, 0.05) is 20.2 Å². The maximum Gasteiger partial charge on any atom is 0.354 e. The lowest BCUT2D eigenvalue weighted by Gasteiger charge is -1.92. The van der Waals surface area contributed by atoms with E-state index in [1.807, 2.05) is 0 Å². The topological polar surface area (TPSA) is 84.2 Å². The van der Waals surface area contributed by atoms with Crippen LogP contribution >= 0.6 is 0 Å². The van der Waals surface area contributed by atoms with Gasteiger partial charge in [0.15, 0.2) is 5.69 Å². The fraction of sp³-hybridized carbons (Fsp3) is 0.286. The number of carboxylic acids is 1. The van der Waals surface area contributed by atoms with E-state index in [4.69, 9.17) is 5.11 Å². The standard InChI is InChI=1S/C7H9N3O3/c1-8-6(11)4-3-5(7(12)13)10(2)9-4/h3H,1-2H3,(H,8,11)(H,12,13). The van der Waals surface area contributed by atoms with Crippen molar-refractivity contribution in [1.29, 1.82) is 0 Å². The SMILES string of the molecule is CNC(=O)c1cc(C(=O)O)n(C)n1. The van der Waals surface area contributed by atoms with Crippen LogP contribution in [0.15, 0.2) is 6.07 Å². The van der Waals surface area contributed by atoms with E-state index < -0.39 is 11.9 Å². The van der Waals surface area contributed by atoms with Crippen LogP contribution in [0, 0.1) is 0 Å². The molecular formula is C7H9N3O3. The number of nitrogens with one attached hydrogen (secondary N) is 1. The summed E-state index contributed by atoms with van der Waals surface area (Å²) >= 11 is 0. The number of carbonyl (C=O) groups excluding carboxylic acids is 1. The van der Waals surface area contributed by atoms with E-state index in [1.165, 1.54) is 20.2 Å². The number of nitrogens with zero attached hydrogens (tertiary/aromatic N) is 2. The van der Waals surface area contributed by atoms with Crippen LogP contribution in [0.25, 0.3) is 0 Å². The highest BCUT2D eigenvalue weighted by Crippen LogP contribution is 2.02. The molecule has 0 bridgehead atoms. The molecule has 1 aromatic heterocycles. The van der Waals surface area contributed by atoms with E-state index in [-0.39, 0.29) is 11.4 Å². The van der Waals surface area contributed by atoms with Gasteiger partial charge in [-0.15, -0.1) is 0 Å². The van der Waals surface area contributed by atoms with Crippen molar-refractivity contribution in [2.75, 3.05) is 7.05 Å². The van der Waals surface area contributed by atoms with Gasteiger partial charge in [-0.05, 0) is 0 Å². The summed E-state index contributed by atoms with van der Waals surface area (Å²) < 4.78 is 1.15. The van der Waals surface area contributed by atoms with Gasteiger partial charge < -0.3 is 10.4 Å². The number of aromatic carboxylic acids is 1. The lowest BCUT2D eigenvalue weighted by atomic mass is 10.3. The number of carboxylic acid groups (broad SMARTS) is 1. The Morgan fingerprint density at radius 2 is 2.23 bits per heavy atom. The molecule has 0 radical (unpaired) electrons. The highest BCUT2D eigenvalue weighted by Gasteiger charge is 2.15. The average molecular weight is 183 g/mol. The fourth-order valence-electron chi connectivity index (χ4n) is 0.906. The fourth-order valence-corrected chi connectivity index (χ4v) is 0.906. The number of aryl methyl sites for hydroxylation is 1. The molecule has 1 aromatic rings. The molecule has 1 heterocycles. The third kappa shape index (κ3) is 1.66. The summed E-state index contributed by atoms with van der Waals surface area (Å²) in [6.45, 7) is 0. The molecule has 0 aromatic carbocycles. The lowest BCUT2D eigenvalue weighted by molar-refractivity contribution is 0.0684. The molecule has 0 spiro atoms. The Bertz CT molecular complexity index is 356. The first-order chi connectivity index (χ1) is 6.06. The zero-order valence-electron chi connectivity index (χ0n) is 7.24. The first-order valence-electron chi connectivity index (χ1n) is 3.55. The number of rotatable bonds is 2. The van der Waals surface area contributed by atoms with E-state index in [0.29, 0.717) is 0 Å². The molecule has 0 saturated heterocycles. The quantitative estimate of drug-likeness (QED) is 0.646. The van der Waals surface area contributed by atoms with Crippen molar-refractivity contribution in [3.63, 3.8) is 0 Å². The Labute approximate surface area is 74.2 Å². The predicted octanol–water partition coefficient (Wildman–Crippen LogP) is -0.522. The molecule has 0 atom stereocenters. The summed E-state index contributed by atoms with van der Waals surface area (Å²) in [7, 11) is 2.92. The van der Waals surface area contributed by atoms with Gasteiger partial charge in [-0.25, -0.2) is 4.79 Å². The van der Waals surface area contributed by atoms with Gasteiger partial charge in [-0.2, -0.15) is 5.10 Å². The van der Waals surface area contributed by atoms with Crippen molar-refractivity contribution in [3.8, 4) is 0 Å². The van der Waals surface area contributed by atoms with Crippen LogP contribution in [0.1, 0.15) is 21.0 Å². The molecule has 1 rings (SSSR count). The van der Waals surface area contributed by atoms with Gasteiger partial charge in [0.2, 0.25) is 0 Å². The number of amides is 1. The summed E-state index contributed by atoms with van der Waals surface area (Å²) in [6, 6.07) is 1.22. The number of hydrogen-bond donors (Lipinski definition) is 2. The lowest BCUT2D eigenvalue weighted by Crippen LogP contribution is -2.18. The van der Waals surface area contributed by atoms with E-state index >= 15 is 0 Å². The molecule has 0 fully saturated rings. The molecule has 6 nitrogen and oxygen atoms in total. The van der Waals surface area contributed by atoms with Crippen molar-refractivity contribution >= 4 is 11.9 Å². The highest BCUT2D eigenvalue weighted by molar-refractivity contribution is 5.95. The second-order valence-corrected chi connectivity index (χ2v) is 2.42. The first-order valence-corrected chi connectivity index (χ1v) is 3.55. The molecule has 70 valence electrons. The van der Waals surface area contributed by atoms with Crippen LogP contribution in [-0.2, 0) is 7.05 Å². The predicted molar refractivity (Wildman–Crippen MR) is 43.6 cm³/mol. The Hall–Kier alpha value is -1.85. The zero-order chi connectivity index (χ0) is 10.0. The summed E-state index contributed by atoms with van der Waals surface area (Å²) in [4.78, 5) is 21.6. The number of aromatic nitrogens is 2. The van der Waals surface area contributed by atoms with Crippen molar-refractivity contribution in [2.45, 2.75) is 0 Å². The largest absolute Gasteiger partial charge is 0.477 e. The zero-order valence-corrected chi connectivity index (χ0v) is 7.24. The van der Waals surface area contributed by atoms with Gasteiger partial charge in [0.05, 0.1) is 0 Å². The third-order valence-corrected chi connectivity index (χ3v) is 1.56. The van der Waals surface area contributed by atoms with Crippen LogP contribution in [0.4, 0.5) is 0 Å². The van der Waals surface area contributed by atoms with E-state index in [9.17, 15) is 9.59 Å². The molecule has 2 N–H and O–H groups in total. The third-order valence-electron chi connectivity index (χ3n) is 1.56. The van der Waals surface area contributed by atoms with Crippen LogP contribution < -0.4 is 5.32 Å². The van der Waals surface area contributed by atoms with Crippen molar-refractivity contribution in [2.24, 2.45) is 7.05 Å². The van der Waals surface area contributed by atoms with Crippen molar-refractivity contribution in [1.82, 2.24) is 15.1 Å². The van der Waals surface area contributed by atoms with Crippen molar-refractivity contribution in [3.05, 3.63) is 17.5 Å². The summed E-state index contributed by atoms with van der Waals surface area (Å²) in [6.07, 6.45) is 0. The number of carbonyl (C=O) groups is 2. The van der Waals surface area contributed by atoms with Crippen LogP contribution in [0.5, 0.6) is 0 Å². The second-order valence-electron chi connectivity index (χ2n) is 2.42. The molecule has 13 heavy (non-hydrogen) atoms. The molecule has 0 aliphatic heterocycles. The molecule has 0 aliphatic rings. The first kappa shape index (κ1) is 9.24. The Balaban J connectivity index is 3.09. The molecular weight excluding hydrogens is 174 g/mol. The maximum absolute atomic E-state index is 11.0. The van der Waals surface area contributed by atoms with Gasteiger partial charge in [-0.1, -0.05) is 0 Å². The number of hydrogen-bond acceptors (Lipinski definition) is 3. The second kappa shape index (κ2) is 3.26. The van der Waals surface area contributed by atoms with Gasteiger partial charge in [0.25, 0.3) is 5.91 Å². The van der Waals surface area contributed by atoms with Crippen LogP contribution in [0.2, 0.25) is 0 Å². The Morgan fingerprint density at radius 3 is 2.62 bits per heavy atom. The van der Waals surface area contributed by atoms with E-state index in [0.717, 1.165) is 4.68 Å². The molecule has 6 heteroatoms. The molecule has 0 saturated carbocycles. The molecule has 0 aliphatic carbocycles. The normalized spacial score (nSPS) is 9.69. The van der Waals surface area contributed by atoms with Gasteiger partial charge in [0.1, 0.15) is 5.69 Å². The smallest absolute Gasteiger partial charge is 0.354 e. The summed E-state index contributed by atoms with van der Waals surface area (Å²) in [5.41, 5.74) is 0.0843. The maximum atomic E-state index is 11.0. The molecule has 1 amide bonds. The van der Waals surface area contributed by atoms with E-state index in [2.05, 4.69) is 10.4 Å². The van der Waals surface area contributed by atoms with Crippen LogP contribution in [0.3, 0.4) is 0 Å². The Morgan fingerprint density at radius 1 is 1.62 bits per heavy atom. The van der Waals surface area contributed by atoms with Crippen molar-refractivity contribution < 1.29 is 14.7 Å². The van der Waals surface area contributed by atoms with E-state index in [1.54, 1.807) is 0 Å². The minimum absolute atomic E-state index is 0.0152. The summed E-state index contributed by atoms with van der Waals surface area (Å²) in [5.74, 6) is -1.51. The Kier molecular flexibility index (Phi) is 2.32. The van der Waals surface area contributed by atoms with Gasteiger partial charge >= 0.3 is 5.97 Å².